The minimum absolute atomic E-state index is 0.591. The van der Waals surface area contributed by atoms with Crippen molar-refractivity contribution in [2.75, 3.05) is 0 Å². The molecule has 5 heteroatoms. The average Bonchev–Trinajstić information content (AvgIpc) is 2.82. The molecule has 0 unspecified atom stereocenters. The fourth-order valence-electron chi connectivity index (χ4n) is 1.35. The Morgan fingerprint density at radius 2 is 2.33 bits per heavy atom. The summed E-state index contributed by atoms with van der Waals surface area (Å²) in [6.45, 7) is 2.70. The van der Waals surface area contributed by atoms with Gasteiger partial charge in [-0.15, -0.1) is 22.7 Å². The van der Waals surface area contributed by atoms with Crippen LogP contribution in [0.3, 0.4) is 0 Å². The maximum atomic E-state index is 5.69. The minimum atomic E-state index is 0.591. The molecule has 0 saturated heterocycles. The quantitative estimate of drug-likeness (QED) is 0.940. The van der Waals surface area contributed by atoms with E-state index in [0.29, 0.717) is 6.54 Å². The Bertz CT molecular complexity index is 440. The van der Waals surface area contributed by atoms with E-state index in [2.05, 4.69) is 39.3 Å². The monoisotopic (exact) mass is 302 g/mol. The zero-order valence-electron chi connectivity index (χ0n) is 8.29. The summed E-state index contributed by atoms with van der Waals surface area (Å²) in [5.41, 5.74) is 6.83. The summed E-state index contributed by atoms with van der Waals surface area (Å²) in [5.74, 6) is 0. The number of thiophene rings is 1. The van der Waals surface area contributed by atoms with E-state index in [-0.39, 0.29) is 0 Å². The van der Waals surface area contributed by atoms with E-state index in [9.17, 15) is 0 Å². The second-order valence-corrected chi connectivity index (χ2v) is 5.99. The molecule has 2 nitrogen and oxygen atoms in total. The van der Waals surface area contributed by atoms with Crippen LogP contribution in [-0.4, -0.2) is 4.98 Å². The highest BCUT2D eigenvalue weighted by molar-refractivity contribution is 9.10. The first-order valence-electron chi connectivity index (χ1n) is 4.67. The third-order valence-corrected chi connectivity index (χ3v) is 5.06. The number of nitrogens with zero attached hydrogens (tertiary/aromatic N) is 1. The summed E-state index contributed by atoms with van der Waals surface area (Å²) in [7, 11) is 0. The Labute approximate surface area is 105 Å². The standard InChI is InChI=1S/C10H11BrN2S2/c1-2-7-9(4-12)15-10(13-7)8-3-6(11)5-14-8/h3,5H,2,4,12H2,1H3. The highest BCUT2D eigenvalue weighted by Gasteiger charge is 2.11. The van der Waals surface area contributed by atoms with Gasteiger partial charge in [-0.1, -0.05) is 6.92 Å². The van der Waals surface area contributed by atoms with Crippen LogP contribution in [-0.2, 0) is 13.0 Å². The van der Waals surface area contributed by atoms with Crippen LogP contribution in [0.1, 0.15) is 17.5 Å². The van der Waals surface area contributed by atoms with Gasteiger partial charge in [0.25, 0.3) is 0 Å². The summed E-state index contributed by atoms with van der Waals surface area (Å²) in [5, 5.41) is 3.16. The van der Waals surface area contributed by atoms with Crippen molar-refractivity contribution in [2.45, 2.75) is 19.9 Å². The van der Waals surface area contributed by atoms with E-state index in [0.717, 1.165) is 21.6 Å². The lowest BCUT2D eigenvalue weighted by atomic mass is 10.3. The van der Waals surface area contributed by atoms with Gasteiger partial charge in [-0.2, -0.15) is 0 Å². The van der Waals surface area contributed by atoms with Crippen molar-refractivity contribution < 1.29 is 0 Å². The summed E-state index contributed by atoms with van der Waals surface area (Å²) < 4.78 is 1.12. The van der Waals surface area contributed by atoms with Crippen molar-refractivity contribution in [3.05, 3.63) is 26.5 Å². The molecule has 15 heavy (non-hydrogen) atoms. The SMILES string of the molecule is CCc1nc(-c2cc(Br)cs2)sc1CN. The van der Waals surface area contributed by atoms with Gasteiger partial charge in [0.1, 0.15) is 5.01 Å². The van der Waals surface area contributed by atoms with Crippen LogP contribution in [0.25, 0.3) is 9.88 Å². The Morgan fingerprint density at radius 3 is 2.80 bits per heavy atom. The molecule has 80 valence electrons. The van der Waals surface area contributed by atoms with Crippen molar-refractivity contribution in [3.63, 3.8) is 0 Å². The van der Waals surface area contributed by atoms with Gasteiger partial charge < -0.3 is 5.73 Å². The highest BCUT2D eigenvalue weighted by Crippen LogP contribution is 2.34. The van der Waals surface area contributed by atoms with Gasteiger partial charge in [0, 0.05) is 21.3 Å². The van der Waals surface area contributed by atoms with E-state index in [1.807, 2.05) is 0 Å². The van der Waals surface area contributed by atoms with Gasteiger partial charge in [0.2, 0.25) is 0 Å². The molecule has 0 aliphatic heterocycles. The van der Waals surface area contributed by atoms with Gasteiger partial charge >= 0.3 is 0 Å². The number of halogens is 1. The Kier molecular flexibility index (Phi) is 3.56. The molecule has 2 rings (SSSR count). The first kappa shape index (κ1) is 11.3. The van der Waals surface area contributed by atoms with Gasteiger partial charge in [0.05, 0.1) is 10.6 Å². The minimum Gasteiger partial charge on any atom is -0.326 e. The number of nitrogens with two attached hydrogens (primary N) is 1. The van der Waals surface area contributed by atoms with Gasteiger partial charge in [-0.25, -0.2) is 4.98 Å². The molecule has 0 amide bonds. The van der Waals surface area contributed by atoms with Crippen LogP contribution in [0.4, 0.5) is 0 Å². The summed E-state index contributed by atoms with van der Waals surface area (Å²) in [6.07, 6.45) is 0.954. The van der Waals surface area contributed by atoms with E-state index < -0.39 is 0 Å². The van der Waals surface area contributed by atoms with Crippen molar-refractivity contribution in [2.24, 2.45) is 5.73 Å². The molecule has 0 radical (unpaired) electrons. The van der Waals surface area contributed by atoms with E-state index in [1.165, 1.54) is 9.75 Å². The second kappa shape index (κ2) is 4.74. The first-order chi connectivity index (χ1) is 7.24. The van der Waals surface area contributed by atoms with Crippen LogP contribution in [0, 0.1) is 0 Å². The molecule has 0 saturated carbocycles. The summed E-state index contributed by atoms with van der Waals surface area (Å²) in [4.78, 5) is 7.03. The fourth-order valence-corrected chi connectivity index (χ4v) is 3.87. The van der Waals surface area contributed by atoms with Crippen molar-refractivity contribution in [1.29, 1.82) is 0 Å². The van der Waals surface area contributed by atoms with Crippen molar-refractivity contribution in [3.8, 4) is 9.88 Å². The molecule has 0 aromatic carbocycles. The predicted octanol–water partition coefficient (Wildman–Crippen LogP) is 3.66. The van der Waals surface area contributed by atoms with Gasteiger partial charge in [-0.3, -0.25) is 0 Å². The van der Waals surface area contributed by atoms with Crippen LogP contribution in [0.15, 0.2) is 15.9 Å². The number of aromatic nitrogens is 1. The number of rotatable bonds is 3. The number of aryl methyl sites for hydroxylation is 1. The molecule has 2 aromatic rings. The number of hydrogen-bond acceptors (Lipinski definition) is 4. The molecule has 0 spiro atoms. The average molecular weight is 303 g/mol. The van der Waals surface area contributed by atoms with Crippen LogP contribution >= 0.6 is 38.6 Å². The normalized spacial score (nSPS) is 10.9. The van der Waals surface area contributed by atoms with Crippen molar-refractivity contribution in [1.82, 2.24) is 4.98 Å². The fraction of sp³-hybridized carbons (Fsp3) is 0.300. The highest BCUT2D eigenvalue weighted by atomic mass is 79.9. The van der Waals surface area contributed by atoms with E-state index in [4.69, 9.17) is 5.73 Å². The zero-order valence-corrected chi connectivity index (χ0v) is 11.5. The van der Waals surface area contributed by atoms with E-state index >= 15 is 0 Å². The molecule has 0 fully saturated rings. The lowest BCUT2D eigenvalue weighted by molar-refractivity contribution is 0.990. The Balaban J connectivity index is 2.41. The molecular formula is C10H11BrN2S2. The molecule has 2 aromatic heterocycles. The summed E-state index contributed by atoms with van der Waals surface area (Å²) in [6, 6.07) is 2.10. The first-order valence-corrected chi connectivity index (χ1v) is 7.16. The maximum absolute atomic E-state index is 5.69. The third-order valence-electron chi connectivity index (χ3n) is 2.08. The van der Waals surface area contributed by atoms with Crippen LogP contribution in [0.5, 0.6) is 0 Å². The van der Waals surface area contributed by atoms with Crippen LogP contribution in [0.2, 0.25) is 0 Å². The van der Waals surface area contributed by atoms with Crippen LogP contribution < -0.4 is 5.73 Å². The molecule has 0 aliphatic carbocycles. The maximum Gasteiger partial charge on any atom is 0.133 e. The molecule has 0 bridgehead atoms. The summed E-state index contributed by atoms with van der Waals surface area (Å²) >= 11 is 6.86. The Hall–Kier alpha value is -0.230. The molecular weight excluding hydrogens is 292 g/mol. The Morgan fingerprint density at radius 1 is 1.53 bits per heavy atom. The lowest BCUT2D eigenvalue weighted by Gasteiger charge is -1.91. The smallest absolute Gasteiger partial charge is 0.133 e. The molecule has 0 atom stereocenters. The number of hydrogen-bond donors (Lipinski definition) is 1. The van der Waals surface area contributed by atoms with E-state index in [1.54, 1.807) is 22.7 Å². The second-order valence-electron chi connectivity index (χ2n) is 3.08. The predicted molar refractivity (Wildman–Crippen MR) is 70.4 cm³/mol. The largest absolute Gasteiger partial charge is 0.326 e. The molecule has 2 N–H and O–H groups in total. The lowest BCUT2D eigenvalue weighted by Crippen LogP contribution is -1.96. The zero-order chi connectivity index (χ0) is 10.8. The van der Waals surface area contributed by atoms with Crippen molar-refractivity contribution >= 4 is 38.6 Å². The topological polar surface area (TPSA) is 38.9 Å². The van der Waals surface area contributed by atoms with Gasteiger partial charge in [0.15, 0.2) is 0 Å². The molecule has 0 aliphatic rings. The third kappa shape index (κ3) is 2.30. The molecule has 2 heterocycles. The van der Waals surface area contributed by atoms with Gasteiger partial charge in [-0.05, 0) is 28.4 Å². The number of thiazole rings is 1.